The molecule has 0 amide bonds. The van der Waals surface area contributed by atoms with Gasteiger partial charge in [0.2, 0.25) is 0 Å². The lowest BCUT2D eigenvalue weighted by Crippen LogP contribution is -2.20. The molecule has 1 heterocycles. The lowest BCUT2D eigenvalue weighted by Gasteiger charge is -2.11. The third-order valence-corrected chi connectivity index (χ3v) is 3.31. The van der Waals surface area contributed by atoms with Gasteiger partial charge in [-0.3, -0.25) is 0 Å². The molecule has 0 fully saturated rings. The van der Waals surface area contributed by atoms with E-state index < -0.39 is 0 Å². The lowest BCUT2D eigenvalue weighted by molar-refractivity contribution is 0.734. The zero-order chi connectivity index (χ0) is 14.7. The summed E-state index contributed by atoms with van der Waals surface area (Å²) in [6.45, 7) is 0.516. The summed E-state index contributed by atoms with van der Waals surface area (Å²) in [5, 5.41) is 9.62. The zero-order valence-corrected chi connectivity index (χ0v) is 11.7. The van der Waals surface area contributed by atoms with Crippen molar-refractivity contribution >= 4 is 0 Å². The molecule has 106 valence electrons. The first-order valence-corrected chi connectivity index (χ1v) is 6.77. The third kappa shape index (κ3) is 2.51. The first-order valence-electron chi connectivity index (χ1n) is 6.77. The number of rotatable bonds is 4. The molecule has 5 heteroatoms. The summed E-state index contributed by atoms with van der Waals surface area (Å²) in [5.41, 5.74) is 2.66. The Morgan fingerprint density at radius 2 is 1.81 bits per heavy atom. The predicted octanol–water partition coefficient (Wildman–Crippen LogP) is 1.95. The minimum Gasteiger partial charge on any atom is -0.313 e. The van der Waals surface area contributed by atoms with E-state index in [-0.39, 0.29) is 5.69 Å². The minimum absolute atomic E-state index is 0.233. The molecule has 0 atom stereocenters. The van der Waals surface area contributed by atoms with E-state index in [2.05, 4.69) is 15.5 Å². The first kappa shape index (κ1) is 13.3. The molecule has 0 aliphatic heterocycles. The molecule has 3 aromatic rings. The number of aromatic nitrogens is 3. The molecule has 0 spiro atoms. The van der Waals surface area contributed by atoms with Gasteiger partial charge in [0.25, 0.3) is 0 Å². The smallest absolute Gasteiger partial charge is 0.313 e. The number of hydrogen-bond acceptors (Lipinski definition) is 3. The van der Waals surface area contributed by atoms with E-state index in [1.54, 1.807) is 4.57 Å². The molecule has 0 bridgehead atoms. The van der Waals surface area contributed by atoms with Crippen molar-refractivity contribution < 1.29 is 0 Å². The van der Waals surface area contributed by atoms with Crippen molar-refractivity contribution in [1.29, 1.82) is 0 Å². The Balaban J connectivity index is 2.21. The number of hydrogen-bond donors (Lipinski definition) is 2. The van der Waals surface area contributed by atoms with Crippen LogP contribution in [0.3, 0.4) is 0 Å². The number of nitrogens with zero attached hydrogens (tertiary/aromatic N) is 2. The van der Waals surface area contributed by atoms with E-state index in [1.165, 1.54) is 0 Å². The number of aromatic amines is 1. The van der Waals surface area contributed by atoms with Crippen molar-refractivity contribution in [2.24, 2.45) is 0 Å². The normalized spacial score (nSPS) is 10.7. The zero-order valence-electron chi connectivity index (χ0n) is 11.7. The largest absolute Gasteiger partial charge is 0.348 e. The monoisotopic (exact) mass is 280 g/mol. The van der Waals surface area contributed by atoms with Crippen molar-refractivity contribution in [2.45, 2.75) is 6.54 Å². The molecule has 0 saturated heterocycles. The van der Waals surface area contributed by atoms with Crippen LogP contribution in [0, 0.1) is 0 Å². The van der Waals surface area contributed by atoms with Gasteiger partial charge in [-0.25, -0.2) is 14.5 Å². The van der Waals surface area contributed by atoms with Crippen LogP contribution in [-0.2, 0) is 6.54 Å². The summed E-state index contributed by atoms with van der Waals surface area (Å²) in [4.78, 5) is 12.1. The third-order valence-electron chi connectivity index (χ3n) is 3.31. The Kier molecular flexibility index (Phi) is 3.66. The van der Waals surface area contributed by atoms with Gasteiger partial charge in [-0.1, -0.05) is 48.5 Å². The first-order chi connectivity index (χ1) is 10.3. The van der Waals surface area contributed by atoms with E-state index in [0.29, 0.717) is 12.4 Å². The number of H-pyrrole nitrogens is 1. The van der Waals surface area contributed by atoms with E-state index >= 15 is 0 Å². The fourth-order valence-corrected chi connectivity index (χ4v) is 2.39. The van der Waals surface area contributed by atoms with Crippen LogP contribution < -0.4 is 11.0 Å². The van der Waals surface area contributed by atoms with Gasteiger partial charge in [-0.2, -0.15) is 5.10 Å². The summed E-state index contributed by atoms with van der Waals surface area (Å²) in [7, 11) is 1.83. The van der Waals surface area contributed by atoms with Crippen molar-refractivity contribution in [3.05, 3.63) is 70.9 Å². The lowest BCUT2D eigenvalue weighted by atomic mass is 10.0. The summed E-state index contributed by atoms with van der Waals surface area (Å²) in [6, 6.07) is 17.8. The van der Waals surface area contributed by atoms with Gasteiger partial charge in [-0.15, -0.1) is 0 Å². The maximum atomic E-state index is 12.1. The van der Waals surface area contributed by atoms with Gasteiger partial charge in [0, 0.05) is 5.56 Å². The highest BCUT2D eigenvalue weighted by Crippen LogP contribution is 2.26. The molecule has 0 aliphatic rings. The molecule has 21 heavy (non-hydrogen) atoms. The number of nitrogens with one attached hydrogen (secondary N) is 2. The topological polar surface area (TPSA) is 62.7 Å². The molecule has 5 nitrogen and oxygen atoms in total. The maximum absolute atomic E-state index is 12.1. The predicted molar refractivity (Wildman–Crippen MR) is 82.4 cm³/mol. The minimum atomic E-state index is -0.233. The van der Waals surface area contributed by atoms with Crippen molar-refractivity contribution in [3.63, 3.8) is 0 Å². The molecule has 0 saturated carbocycles. The molecule has 3 rings (SSSR count). The highest BCUT2D eigenvalue weighted by atomic mass is 16.1. The van der Waals surface area contributed by atoms with Crippen LogP contribution in [0.1, 0.15) is 5.82 Å². The fraction of sp³-hybridized carbons (Fsp3) is 0.125. The quantitative estimate of drug-likeness (QED) is 0.768. The Labute approximate surface area is 122 Å². The van der Waals surface area contributed by atoms with Gasteiger partial charge in [-0.05, 0) is 18.7 Å². The standard InChI is InChI=1S/C16H16N4O/c1-17-11-15-18-19-16(21)20(15)14-10-6-5-9-13(14)12-7-3-2-4-8-12/h2-10,17H,11H2,1H3,(H,19,21). The van der Waals surface area contributed by atoms with E-state index in [9.17, 15) is 4.79 Å². The molecule has 0 radical (unpaired) electrons. The summed E-state index contributed by atoms with van der Waals surface area (Å²) in [6.07, 6.45) is 0. The summed E-state index contributed by atoms with van der Waals surface area (Å²) < 4.78 is 1.61. The number of para-hydroxylation sites is 1. The Morgan fingerprint density at radius 1 is 1.10 bits per heavy atom. The fourth-order valence-electron chi connectivity index (χ4n) is 2.39. The van der Waals surface area contributed by atoms with Gasteiger partial charge < -0.3 is 5.32 Å². The molecular weight excluding hydrogens is 264 g/mol. The van der Waals surface area contributed by atoms with Crippen LogP contribution in [0.15, 0.2) is 59.4 Å². The van der Waals surface area contributed by atoms with Crippen molar-refractivity contribution in [3.8, 4) is 16.8 Å². The van der Waals surface area contributed by atoms with E-state index in [1.807, 2.05) is 61.6 Å². The van der Waals surface area contributed by atoms with Crippen LogP contribution in [0.25, 0.3) is 16.8 Å². The maximum Gasteiger partial charge on any atom is 0.348 e. The highest BCUT2D eigenvalue weighted by Gasteiger charge is 2.13. The van der Waals surface area contributed by atoms with Crippen LogP contribution in [0.5, 0.6) is 0 Å². The van der Waals surface area contributed by atoms with Crippen molar-refractivity contribution in [2.75, 3.05) is 7.05 Å². The average Bonchev–Trinajstić information content (AvgIpc) is 2.89. The summed E-state index contributed by atoms with van der Waals surface area (Å²) >= 11 is 0. The van der Waals surface area contributed by atoms with Gasteiger partial charge >= 0.3 is 5.69 Å². The van der Waals surface area contributed by atoms with E-state index in [4.69, 9.17) is 0 Å². The summed E-state index contributed by atoms with van der Waals surface area (Å²) in [5.74, 6) is 0.658. The second-order valence-corrected chi connectivity index (χ2v) is 4.69. The molecular formula is C16H16N4O. The van der Waals surface area contributed by atoms with Gasteiger partial charge in [0.15, 0.2) is 5.82 Å². The molecule has 1 aromatic heterocycles. The van der Waals surface area contributed by atoms with Crippen LogP contribution in [0.2, 0.25) is 0 Å². The second kappa shape index (κ2) is 5.76. The van der Waals surface area contributed by atoms with Crippen LogP contribution >= 0.6 is 0 Å². The Bertz CT molecular complexity index is 789. The molecule has 0 unspecified atom stereocenters. The molecule has 2 N–H and O–H groups in total. The number of benzene rings is 2. The Hall–Kier alpha value is -2.66. The Morgan fingerprint density at radius 3 is 2.57 bits per heavy atom. The van der Waals surface area contributed by atoms with Crippen molar-refractivity contribution in [1.82, 2.24) is 20.1 Å². The van der Waals surface area contributed by atoms with Crippen LogP contribution in [-0.4, -0.2) is 21.8 Å². The van der Waals surface area contributed by atoms with Gasteiger partial charge in [0.05, 0.1) is 12.2 Å². The average molecular weight is 280 g/mol. The van der Waals surface area contributed by atoms with Gasteiger partial charge in [0.1, 0.15) is 0 Å². The van der Waals surface area contributed by atoms with Crippen LogP contribution in [0.4, 0.5) is 0 Å². The van der Waals surface area contributed by atoms with E-state index in [0.717, 1.165) is 16.8 Å². The molecule has 2 aromatic carbocycles. The highest BCUT2D eigenvalue weighted by molar-refractivity contribution is 5.72. The molecule has 0 aliphatic carbocycles. The SMILES string of the molecule is CNCc1n[nH]c(=O)n1-c1ccccc1-c1ccccc1. The second-order valence-electron chi connectivity index (χ2n) is 4.69.